The van der Waals surface area contributed by atoms with Gasteiger partial charge in [-0.2, -0.15) is 10.4 Å². The molecule has 1 aromatic heterocycles. The molecule has 8 heteroatoms. The molecule has 0 atom stereocenters. The van der Waals surface area contributed by atoms with Crippen molar-refractivity contribution in [2.45, 2.75) is 39.3 Å². The molecular weight excluding hydrogens is 274 g/mol. The molecule has 21 heavy (non-hydrogen) atoms. The lowest BCUT2D eigenvalue weighted by Gasteiger charge is -2.09. The lowest BCUT2D eigenvalue weighted by Crippen LogP contribution is -2.43. The molecule has 1 aliphatic carbocycles. The summed E-state index contributed by atoms with van der Waals surface area (Å²) in [5, 5.41) is 17.7. The number of amides is 3. The summed E-state index contributed by atoms with van der Waals surface area (Å²) >= 11 is 0. The van der Waals surface area contributed by atoms with Crippen LogP contribution in [-0.4, -0.2) is 27.8 Å². The predicted molar refractivity (Wildman–Crippen MR) is 72.4 cm³/mol. The number of rotatable bonds is 3. The molecule has 1 aromatic rings. The van der Waals surface area contributed by atoms with E-state index in [0.29, 0.717) is 11.3 Å². The van der Waals surface area contributed by atoms with Crippen LogP contribution in [0.1, 0.15) is 29.7 Å². The van der Waals surface area contributed by atoms with Gasteiger partial charge in [0.2, 0.25) is 5.91 Å². The third-order valence-electron chi connectivity index (χ3n) is 3.21. The van der Waals surface area contributed by atoms with Crippen molar-refractivity contribution < 1.29 is 9.59 Å². The van der Waals surface area contributed by atoms with E-state index < -0.39 is 24.0 Å². The number of carbonyl (C=O) groups excluding carboxylic acids is 2. The van der Waals surface area contributed by atoms with Gasteiger partial charge < -0.3 is 5.32 Å². The summed E-state index contributed by atoms with van der Waals surface area (Å²) in [6.45, 7) is 2.85. The quantitative estimate of drug-likeness (QED) is 0.793. The summed E-state index contributed by atoms with van der Waals surface area (Å²) in [5.41, 5.74) is 0.295. The molecule has 1 fully saturated rings. The molecule has 1 saturated carbocycles. The summed E-state index contributed by atoms with van der Waals surface area (Å²) in [6, 6.07) is 1.36. The van der Waals surface area contributed by atoms with E-state index >= 15 is 0 Å². The lowest BCUT2D eigenvalue weighted by molar-refractivity contribution is -0.120. The van der Waals surface area contributed by atoms with Gasteiger partial charge in [-0.25, -0.2) is 9.48 Å². The van der Waals surface area contributed by atoms with Gasteiger partial charge in [0.1, 0.15) is 18.2 Å². The highest BCUT2D eigenvalue weighted by Crippen LogP contribution is 2.18. The van der Waals surface area contributed by atoms with Crippen LogP contribution in [-0.2, 0) is 11.3 Å². The third-order valence-corrected chi connectivity index (χ3v) is 3.21. The van der Waals surface area contributed by atoms with Gasteiger partial charge in [-0.05, 0) is 32.3 Å². The van der Waals surface area contributed by atoms with Crippen molar-refractivity contribution in [2.75, 3.05) is 0 Å². The lowest BCUT2D eigenvalue weighted by atomic mass is 10.1. The second-order valence-corrected chi connectivity index (χ2v) is 4.96. The van der Waals surface area contributed by atoms with E-state index in [0.717, 1.165) is 17.5 Å². The molecule has 0 aromatic carbocycles. The number of nitriles is 1. The highest BCUT2D eigenvalue weighted by molar-refractivity contribution is 5.94. The van der Waals surface area contributed by atoms with Crippen LogP contribution in [0.2, 0.25) is 0 Å². The first kappa shape index (κ1) is 14.7. The summed E-state index contributed by atoms with van der Waals surface area (Å²) in [4.78, 5) is 35.1. The van der Waals surface area contributed by atoms with E-state index in [4.69, 9.17) is 5.26 Å². The molecule has 3 amide bonds. The van der Waals surface area contributed by atoms with Gasteiger partial charge in [0.05, 0.1) is 5.69 Å². The van der Waals surface area contributed by atoms with Gasteiger partial charge in [-0.15, -0.1) is 0 Å². The van der Waals surface area contributed by atoms with E-state index in [2.05, 4.69) is 15.7 Å². The van der Waals surface area contributed by atoms with Crippen LogP contribution in [0.25, 0.3) is 0 Å². The molecule has 110 valence electrons. The number of aromatic nitrogens is 2. The Morgan fingerprint density at radius 1 is 1.43 bits per heavy atom. The van der Waals surface area contributed by atoms with Crippen molar-refractivity contribution in [1.29, 1.82) is 5.26 Å². The van der Waals surface area contributed by atoms with Gasteiger partial charge in [-0.3, -0.25) is 14.9 Å². The summed E-state index contributed by atoms with van der Waals surface area (Å²) in [6.07, 6.45) is 1.82. The average Bonchev–Trinajstić information content (AvgIpc) is 3.20. The number of nitrogens with zero attached hydrogens (tertiary/aromatic N) is 3. The first-order chi connectivity index (χ1) is 9.92. The first-order valence-corrected chi connectivity index (χ1v) is 6.51. The number of urea groups is 1. The molecular formula is C13H15N5O3. The fourth-order valence-electron chi connectivity index (χ4n) is 1.76. The molecule has 1 aliphatic rings. The summed E-state index contributed by atoms with van der Waals surface area (Å²) in [7, 11) is 0. The standard InChI is InChI=1S/C13H15N5O3/c1-7-8(2)17-18(12(20)10(7)5-14)6-11(19)16-13(21)15-9-3-4-9/h9H,3-4,6H2,1-2H3,(H2,15,16,19,21). The van der Waals surface area contributed by atoms with Crippen LogP contribution in [0.5, 0.6) is 0 Å². The monoisotopic (exact) mass is 289 g/mol. The topological polar surface area (TPSA) is 117 Å². The van der Waals surface area contributed by atoms with Gasteiger partial charge >= 0.3 is 6.03 Å². The molecule has 8 nitrogen and oxygen atoms in total. The molecule has 0 spiro atoms. The van der Waals surface area contributed by atoms with Crippen molar-refractivity contribution in [1.82, 2.24) is 20.4 Å². The van der Waals surface area contributed by atoms with Crippen LogP contribution in [0.3, 0.4) is 0 Å². The molecule has 0 radical (unpaired) electrons. The van der Waals surface area contributed by atoms with Crippen LogP contribution in [0.15, 0.2) is 4.79 Å². The predicted octanol–water partition coefficient (Wildman–Crippen LogP) is -0.280. The van der Waals surface area contributed by atoms with E-state index in [9.17, 15) is 14.4 Å². The van der Waals surface area contributed by atoms with Crippen molar-refractivity contribution in [3.8, 4) is 6.07 Å². The van der Waals surface area contributed by atoms with Crippen molar-refractivity contribution in [2.24, 2.45) is 0 Å². The minimum absolute atomic E-state index is 0.0438. The fourth-order valence-corrected chi connectivity index (χ4v) is 1.76. The van der Waals surface area contributed by atoms with E-state index in [1.54, 1.807) is 13.8 Å². The Bertz CT molecular complexity index is 697. The molecule has 0 saturated heterocycles. The molecule has 0 bridgehead atoms. The maximum atomic E-state index is 12.0. The van der Waals surface area contributed by atoms with E-state index in [-0.39, 0.29) is 11.6 Å². The molecule has 1 heterocycles. The van der Waals surface area contributed by atoms with Crippen molar-refractivity contribution >= 4 is 11.9 Å². The fraction of sp³-hybridized carbons (Fsp3) is 0.462. The van der Waals surface area contributed by atoms with Crippen molar-refractivity contribution in [3.05, 3.63) is 27.2 Å². The molecule has 0 unspecified atom stereocenters. The Morgan fingerprint density at radius 2 is 2.10 bits per heavy atom. The molecule has 2 N–H and O–H groups in total. The highest BCUT2D eigenvalue weighted by atomic mass is 16.2. The second-order valence-electron chi connectivity index (χ2n) is 4.96. The number of nitrogens with one attached hydrogen (secondary N) is 2. The zero-order chi connectivity index (χ0) is 15.6. The van der Waals surface area contributed by atoms with Crippen LogP contribution >= 0.6 is 0 Å². The Kier molecular flexibility index (Phi) is 4.03. The van der Waals surface area contributed by atoms with Gasteiger partial charge in [0.25, 0.3) is 5.56 Å². The molecule has 2 rings (SSSR count). The highest BCUT2D eigenvalue weighted by Gasteiger charge is 2.24. The van der Waals surface area contributed by atoms with Gasteiger partial charge in [-0.1, -0.05) is 0 Å². The van der Waals surface area contributed by atoms with Gasteiger partial charge in [0, 0.05) is 6.04 Å². The minimum Gasteiger partial charge on any atom is -0.335 e. The van der Waals surface area contributed by atoms with Crippen LogP contribution in [0, 0.1) is 25.2 Å². The van der Waals surface area contributed by atoms with Crippen LogP contribution < -0.4 is 16.2 Å². The number of hydrogen-bond donors (Lipinski definition) is 2. The SMILES string of the molecule is Cc1nn(CC(=O)NC(=O)NC2CC2)c(=O)c(C#N)c1C. The second kappa shape index (κ2) is 5.75. The normalized spacial score (nSPS) is 13.4. The Morgan fingerprint density at radius 3 is 2.67 bits per heavy atom. The zero-order valence-electron chi connectivity index (χ0n) is 11.8. The Labute approximate surface area is 120 Å². The Balaban J connectivity index is 2.10. The largest absolute Gasteiger partial charge is 0.335 e. The maximum absolute atomic E-state index is 12.0. The first-order valence-electron chi connectivity index (χ1n) is 6.51. The number of hydrogen-bond acceptors (Lipinski definition) is 5. The van der Waals surface area contributed by atoms with E-state index in [1.165, 1.54) is 0 Å². The smallest absolute Gasteiger partial charge is 0.321 e. The summed E-state index contributed by atoms with van der Waals surface area (Å²) < 4.78 is 0.890. The van der Waals surface area contributed by atoms with E-state index in [1.807, 2.05) is 6.07 Å². The maximum Gasteiger partial charge on any atom is 0.321 e. The Hall–Kier alpha value is -2.69. The number of imide groups is 1. The summed E-state index contributed by atoms with van der Waals surface area (Å²) in [5.74, 6) is -0.658. The number of aryl methyl sites for hydroxylation is 1. The van der Waals surface area contributed by atoms with Crippen molar-refractivity contribution in [3.63, 3.8) is 0 Å². The van der Waals surface area contributed by atoms with Gasteiger partial charge in [0.15, 0.2) is 0 Å². The van der Waals surface area contributed by atoms with Crippen LogP contribution in [0.4, 0.5) is 4.79 Å². The average molecular weight is 289 g/mol. The third kappa shape index (κ3) is 3.45. The zero-order valence-corrected chi connectivity index (χ0v) is 11.8. The molecule has 0 aliphatic heterocycles. The number of carbonyl (C=O) groups is 2. The minimum atomic E-state index is -0.658.